The second kappa shape index (κ2) is 2.39. The Morgan fingerprint density at radius 2 is 1.29 bits per heavy atom. The van der Waals surface area contributed by atoms with Gasteiger partial charge in [0.1, 0.15) is 0 Å². The van der Waals surface area contributed by atoms with E-state index in [2.05, 4.69) is 20.8 Å². The molecule has 2 spiro atoms. The summed E-state index contributed by atoms with van der Waals surface area (Å²) in [6.07, 6.45) is 10.9. The van der Waals surface area contributed by atoms with E-state index in [4.69, 9.17) is 0 Å². The summed E-state index contributed by atoms with van der Waals surface area (Å²) >= 11 is 0. The summed E-state index contributed by atoms with van der Waals surface area (Å²) in [6.45, 7) is 7.36. The lowest BCUT2D eigenvalue weighted by molar-refractivity contribution is 0.0792. The highest BCUT2D eigenvalue weighted by Crippen LogP contribution is 2.71. The van der Waals surface area contributed by atoms with Gasteiger partial charge < -0.3 is 0 Å². The van der Waals surface area contributed by atoms with E-state index >= 15 is 0 Å². The van der Waals surface area contributed by atoms with Gasteiger partial charge in [-0.05, 0) is 67.1 Å². The fourth-order valence-corrected chi connectivity index (χ4v) is 3.79. The first-order valence-electron chi connectivity index (χ1n) is 6.43. The van der Waals surface area contributed by atoms with Gasteiger partial charge in [-0.2, -0.15) is 0 Å². The molecule has 3 aliphatic rings. The molecule has 0 heterocycles. The standard InChI is InChI=1S/C14H24/c1-12(2,3)11-8-13(4-5-13)10-14(9-11)6-7-14/h11H,4-10H2,1-3H3. The molecule has 3 fully saturated rings. The van der Waals surface area contributed by atoms with Gasteiger partial charge in [0, 0.05) is 0 Å². The molecule has 0 heteroatoms. The molecule has 0 atom stereocenters. The zero-order valence-electron chi connectivity index (χ0n) is 10.0. The Bertz CT molecular complexity index is 228. The highest BCUT2D eigenvalue weighted by Gasteiger charge is 2.59. The van der Waals surface area contributed by atoms with Gasteiger partial charge >= 0.3 is 0 Å². The summed E-state index contributed by atoms with van der Waals surface area (Å²) in [6, 6.07) is 0. The van der Waals surface area contributed by atoms with E-state index in [1.807, 2.05) is 0 Å². The molecule has 0 radical (unpaired) electrons. The average molecular weight is 192 g/mol. The third-order valence-electron chi connectivity index (χ3n) is 5.25. The van der Waals surface area contributed by atoms with Crippen molar-refractivity contribution < 1.29 is 0 Å². The van der Waals surface area contributed by atoms with Crippen LogP contribution in [0.15, 0.2) is 0 Å². The molecular formula is C14H24. The van der Waals surface area contributed by atoms with Crippen LogP contribution in [0.5, 0.6) is 0 Å². The van der Waals surface area contributed by atoms with Crippen LogP contribution in [-0.2, 0) is 0 Å². The topological polar surface area (TPSA) is 0 Å². The van der Waals surface area contributed by atoms with Gasteiger partial charge in [-0.1, -0.05) is 20.8 Å². The minimum atomic E-state index is 0.561. The monoisotopic (exact) mass is 192 g/mol. The fraction of sp³-hybridized carbons (Fsp3) is 1.00. The predicted molar refractivity (Wildman–Crippen MR) is 60.1 cm³/mol. The second-order valence-electron chi connectivity index (χ2n) is 7.65. The van der Waals surface area contributed by atoms with Crippen molar-refractivity contribution in [3.63, 3.8) is 0 Å². The maximum absolute atomic E-state index is 2.45. The molecule has 14 heavy (non-hydrogen) atoms. The number of hydrogen-bond donors (Lipinski definition) is 0. The van der Waals surface area contributed by atoms with Crippen LogP contribution >= 0.6 is 0 Å². The highest BCUT2D eigenvalue weighted by molar-refractivity contribution is 5.10. The van der Waals surface area contributed by atoms with Crippen LogP contribution in [0.4, 0.5) is 0 Å². The zero-order chi connectivity index (χ0) is 10.0. The van der Waals surface area contributed by atoms with Crippen molar-refractivity contribution in [3.05, 3.63) is 0 Å². The molecule has 3 aliphatic carbocycles. The molecular weight excluding hydrogens is 168 g/mol. The maximum Gasteiger partial charge on any atom is -0.0289 e. The van der Waals surface area contributed by atoms with E-state index in [-0.39, 0.29) is 0 Å². The van der Waals surface area contributed by atoms with E-state index in [0.29, 0.717) is 5.41 Å². The molecule has 3 saturated carbocycles. The van der Waals surface area contributed by atoms with Gasteiger partial charge in [-0.25, -0.2) is 0 Å². The van der Waals surface area contributed by atoms with Gasteiger partial charge in [-0.3, -0.25) is 0 Å². The molecule has 0 aliphatic heterocycles. The summed E-state index contributed by atoms with van der Waals surface area (Å²) in [5.74, 6) is 1.02. The molecule has 80 valence electrons. The second-order valence-corrected chi connectivity index (χ2v) is 7.65. The first-order chi connectivity index (χ1) is 6.43. The van der Waals surface area contributed by atoms with Crippen molar-refractivity contribution in [2.45, 2.75) is 65.7 Å². The van der Waals surface area contributed by atoms with Crippen molar-refractivity contribution in [2.75, 3.05) is 0 Å². The largest absolute Gasteiger partial charge is 0.0599 e. The molecule has 0 aromatic carbocycles. The smallest absolute Gasteiger partial charge is 0.0289 e. The average Bonchev–Trinajstić information content (AvgIpc) is 2.93. The minimum absolute atomic E-state index is 0.561. The third-order valence-corrected chi connectivity index (χ3v) is 5.25. The van der Waals surface area contributed by atoms with Crippen LogP contribution in [-0.4, -0.2) is 0 Å². The summed E-state index contributed by atoms with van der Waals surface area (Å²) in [4.78, 5) is 0. The lowest BCUT2D eigenvalue weighted by Gasteiger charge is -2.42. The minimum Gasteiger partial charge on any atom is -0.0599 e. The lowest BCUT2D eigenvalue weighted by atomic mass is 9.63. The number of rotatable bonds is 0. The van der Waals surface area contributed by atoms with Crippen LogP contribution < -0.4 is 0 Å². The Morgan fingerprint density at radius 1 is 0.857 bits per heavy atom. The van der Waals surface area contributed by atoms with E-state index in [1.165, 1.54) is 0 Å². The first kappa shape index (κ1) is 9.24. The van der Waals surface area contributed by atoms with Crippen LogP contribution in [0.25, 0.3) is 0 Å². The molecule has 0 amide bonds. The fourth-order valence-electron chi connectivity index (χ4n) is 3.79. The third kappa shape index (κ3) is 1.42. The molecule has 0 unspecified atom stereocenters. The summed E-state index contributed by atoms with van der Waals surface area (Å²) in [5.41, 5.74) is 2.27. The van der Waals surface area contributed by atoms with E-state index in [0.717, 1.165) is 16.7 Å². The van der Waals surface area contributed by atoms with Crippen molar-refractivity contribution in [1.29, 1.82) is 0 Å². The van der Waals surface area contributed by atoms with Crippen LogP contribution in [0.1, 0.15) is 65.7 Å². The van der Waals surface area contributed by atoms with Crippen molar-refractivity contribution >= 4 is 0 Å². The van der Waals surface area contributed by atoms with Crippen molar-refractivity contribution in [1.82, 2.24) is 0 Å². The highest BCUT2D eigenvalue weighted by atomic mass is 14.6. The summed E-state index contributed by atoms with van der Waals surface area (Å²) < 4.78 is 0. The van der Waals surface area contributed by atoms with E-state index < -0.39 is 0 Å². The van der Waals surface area contributed by atoms with Gasteiger partial charge in [0.05, 0.1) is 0 Å². The molecule has 0 nitrogen and oxygen atoms in total. The number of hydrogen-bond acceptors (Lipinski definition) is 0. The molecule has 0 bridgehead atoms. The molecule has 0 N–H and O–H groups in total. The molecule has 3 rings (SSSR count). The molecule has 0 saturated heterocycles. The van der Waals surface area contributed by atoms with Crippen molar-refractivity contribution in [3.8, 4) is 0 Å². The molecule has 0 aromatic rings. The summed E-state index contributed by atoms with van der Waals surface area (Å²) in [5, 5.41) is 0. The Kier molecular flexibility index (Phi) is 1.58. The van der Waals surface area contributed by atoms with Gasteiger partial charge in [0.2, 0.25) is 0 Å². The Labute approximate surface area is 88.5 Å². The first-order valence-corrected chi connectivity index (χ1v) is 6.43. The molecule has 0 aromatic heterocycles. The zero-order valence-corrected chi connectivity index (χ0v) is 10.0. The van der Waals surface area contributed by atoms with Crippen LogP contribution in [0.3, 0.4) is 0 Å². The van der Waals surface area contributed by atoms with Gasteiger partial charge in [-0.15, -0.1) is 0 Å². The Hall–Kier alpha value is 0. The van der Waals surface area contributed by atoms with E-state index in [9.17, 15) is 0 Å². The van der Waals surface area contributed by atoms with Crippen LogP contribution in [0, 0.1) is 22.2 Å². The van der Waals surface area contributed by atoms with Crippen LogP contribution in [0.2, 0.25) is 0 Å². The van der Waals surface area contributed by atoms with Gasteiger partial charge in [0.25, 0.3) is 0 Å². The lowest BCUT2D eigenvalue weighted by Crippen LogP contribution is -2.32. The Balaban J connectivity index is 1.80. The van der Waals surface area contributed by atoms with Crippen molar-refractivity contribution in [2.24, 2.45) is 22.2 Å². The van der Waals surface area contributed by atoms with Gasteiger partial charge in [0.15, 0.2) is 0 Å². The normalized spacial score (nSPS) is 37.5. The quantitative estimate of drug-likeness (QED) is 0.534. The summed E-state index contributed by atoms with van der Waals surface area (Å²) in [7, 11) is 0. The maximum atomic E-state index is 2.45. The SMILES string of the molecule is CC(C)(C)C1CC2(CC2)CC2(CC2)C1. The van der Waals surface area contributed by atoms with E-state index in [1.54, 1.807) is 44.9 Å². The Morgan fingerprint density at radius 3 is 1.57 bits per heavy atom. The predicted octanol–water partition coefficient (Wildman–Crippen LogP) is 4.39.